The highest BCUT2D eigenvalue weighted by Crippen LogP contribution is 2.28. The smallest absolute Gasteiger partial charge is 0.157 e. The largest absolute Gasteiger partial charge is 0.362 e. The molecule has 1 aliphatic heterocycles. The van der Waals surface area contributed by atoms with Crippen molar-refractivity contribution in [2.75, 3.05) is 5.75 Å². The lowest BCUT2D eigenvalue weighted by atomic mass is 9.84. The van der Waals surface area contributed by atoms with Gasteiger partial charge in [0.1, 0.15) is 0 Å². The van der Waals surface area contributed by atoms with Gasteiger partial charge in [-0.05, 0) is 31.1 Å². The van der Waals surface area contributed by atoms with E-state index in [4.69, 9.17) is 4.99 Å². The Labute approximate surface area is 116 Å². The zero-order valence-corrected chi connectivity index (χ0v) is 12.9. The lowest BCUT2D eigenvalue weighted by Gasteiger charge is -2.29. The number of amidine groups is 1. The lowest BCUT2D eigenvalue weighted by Crippen LogP contribution is -2.36. The van der Waals surface area contributed by atoms with Crippen molar-refractivity contribution in [1.82, 2.24) is 5.32 Å². The minimum Gasteiger partial charge on any atom is -0.362 e. The molecule has 1 N–H and O–H groups in total. The van der Waals surface area contributed by atoms with E-state index in [2.05, 4.69) is 26.1 Å². The van der Waals surface area contributed by atoms with Gasteiger partial charge in [-0.1, -0.05) is 51.8 Å². The summed E-state index contributed by atoms with van der Waals surface area (Å²) in [5.41, 5.74) is 0. The van der Waals surface area contributed by atoms with Crippen LogP contribution in [0.3, 0.4) is 0 Å². The fraction of sp³-hybridized carbons (Fsp3) is 0.933. The summed E-state index contributed by atoms with van der Waals surface area (Å²) in [6, 6.07) is 1.25. The van der Waals surface area contributed by atoms with Crippen LogP contribution in [0.1, 0.15) is 59.3 Å². The van der Waals surface area contributed by atoms with E-state index >= 15 is 0 Å². The molecular formula is C15H28N2S. The quantitative estimate of drug-likeness (QED) is 0.831. The van der Waals surface area contributed by atoms with E-state index in [1.165, 1.54) is 49.4 Å². The second-order valence-electron chi connectivity index (χ2n) is 6.31. The molecular weight excluding hydrogens is 240 g/mol. The van der Waals surface area contributed by atoms with Crippen LogP contribution in [-0.4, -0.2) is 23.0 Å². The number of nitrogens with one attached hydrogen (secondary N) is 1. The van der Waals surface area contributed by atoms with Crippen LogP contribution < -0.4 is 5.32 Å². The summed E-state index contributed by atoms with van der Waals surface area (Å²) in [5.74, 6) is 2.89. The Morgan fingerprint density at radius 1 is 1.39 bits per heavy atom. The maximum Gasteiger partial charge on any atom is 0.157 e. The van der Waals surface area contributed by atoms with Crippen LogP contribution in [0.15, 0.2) is 4.99 Å². The van der Waals surface area contributed by atoms with Gasteiger partial charge in [0.2, 0.25) is 0 Å². The van der Waals surface area contributed by atoms with Crippen LogP contribution in [0.25, 0.3) is 0 Å². The molecule has 1 fully saturated rings. The first-order valence-corrected chi connectivity index (χ1v) is 8.63. The zero-order chi connectivity index (χ0) is 13.0. The molecule has 1 saturated carbocycles. The maximum absolute atomic E-state index is 4.84. The molecule has 1 heterocycles. The topological polar surface area (TPSA) is 24.4 Å². The highest BCUT2D eigenvalue weighted by Gasteiger charge is 2.24. The molecule has 0 saturated heterocycles. The van der Waals surface area contributed by atoms with Crippen molar-refractivity contribution in [2.24, 2.45) is 16.8 Å². The fourth-order valence-electron chi connectivity index (χ4n) is 3.13. The molecule has 3 heteroatoms. The molecule has 0 aromatic rings. The Bertz CT molecular complexity index is 288. The maximum atomic E-state index is 4.84. The van der Waals surface area contributed by atoms with Gasteiger partial charge in [0.15, 0.2) is 5.17 Å². The average Bonchev–Trinajstić information content (AvgIpc) is 2.76. The van der Waals surface area contributed by atoms with Crippen molar-refractivity contribution in [3.63, 3.8) is 0 Å². The standard InChI is InChI=1S/C15H28N2S/c1-4-12-6-5-7-13(9-12)16-15-17-14(10-18-15)8-11(2)3/h11-14H,4-10H2,1-3H3,(H,16,17). The summed E-state index contributed by atoms with van der Waals surface area (Å²) in [6.45, 7) is 6.91. The molecule has 2 nitrogen and oxygen atoms in total. The molecule has 0 radical (unpaired) electrons. The molecule has 0 amide bonds. The van der Waals surface area contributed by atoms with Gasteiger partial charge < -0.3 is 5.32 Å². The van der Waals surface area contributed by atoms with Crippen molar-refractivity contribution in [3.8, 4) is 0 Å². The molecule has 0 aromatic heterocycles. The van der Waals surface area contributed by atoms with Crippen molar-refractivity contribution >= 4 is 16.9 Å². The van der Waals surface area contributed by atoms with Crippen molar-refractivity contribution in [3.05, 3.63) is 0 Å². The third-order valence-electron chi connectivity index (χ3n) is 4.14. The van der Waals surface area contributed by atoms with Crippen LogP contribution in [0.4, 0.5) is 0 Å². The summed E-state index contributed by atoms with van der Waals surface area (Å²) in [7, 11) is 0. The first kappa shape index (κ1) is 14.2. The first-order chi connectivity index (χ1) is 8.67. The molecule has 3 unspecified atom stereocenters. The average molecular weight is 268 g/mol. The van der Waals surface area contributed by atoms with E-state index < -0.39 is 0 Å². The molecule has 0 bridgehead atoms. The zero-order valence-electron chi connectivity index (χ0n) is 12.1. The number of aliphatic imine (C=N–C) groups is 1. The lowest BCUT2D eigenvalue weighted by molar-refractivity contribution is 0.300. The highest BCUT2D eigenvalue weighted by atomic mass is 32.2. The predicted octanol–water partition coefficient (Wildman–Crippen LogP) is 4.06. The van der Waals surface area contributed by atoms with Crippen molar-refractivity contribution in [1.29, 1.82) is 0 Å². The summed E-state index contributed by atoms with van der Waals surface area (Å²) >= 11 is 1.93. The van der Waals surface area contributed by atoms with Crippen LogP contribution in [0.2, 0.25) is 0 Å². The normalized spacial score (nSPS) is 32.7. The summed E-state index contributed by atoms with van der Waals surface area (Å²) in [4.78, 5) is 4.84. The minimum absolute atomic E-state index is 0.558. The van der Waals surface area contributed by atoms with Gasteiger partial charge in [0.25, 0.3) is 0 Å². The van der Waals surface area contributed by atoms with Gasteiger partial charge in [-0.2, -0.15) is 0 Å². The van der Waals surface area contributed by atoms with Gasteiger partial charge in [-0.15, -0.1) is 0 Å². The van der Waals surface area contributed by atoms with E-state index in [0.717, 1.165) is 11.8 Å². The minimum atomic E-state index is 0.558. The van der Waals surface area contributed by atoms with Gasteiger partial charge in [-0.3, -0.25) is 4.99 Å². The van der Waals surface area contributed by atoms with Gasteiger partial charge >= 0.3 is 0 Å². The Balaban J connectivity index is 1.79. The first-order valence-electron chi connectivity index (χ1n) is 7.64. The van der Waals surface area contributed by atoms with Crippen molar-refractivity contribution in [2.45, 2.75) is 71.4 Å². The third-order valence-corrected chi connectivity index (χ3v) is 5.19. The number of hydrogen-bond acceptors (Lipinski definition) is 3. The van der Waals surface area contributed by atoms with Crippen LogP contribution in [0.5, 0.6) is 0 Å². The van der Waals surface area contributed by atoms with Crippen molar-refractivity contribution < 1.29 is 0 Å². The van der Waals surface area contributed by atoms with Gasteiger partial charge in [0.05, 0.1) is 6.04 Å². The van der Waals surface area contributed by atoms with Gasteiger partial charge in [0, 0.05) is 11.8 Å². The molecule has 0 spiro atoms. The molecule has 0 aromatic carbocycles. The molecule has 18 heavy (non-hydrogen) atoms. The predicted molar refractivity (Wildman–Crippen MR) is 82.3 cm³/mol. The fourth-order valence-corrected chi connectivity index (χ4v) is 4.16. The third kappa shape index (κ3) is 4.18. The monoisotopic (exact) mass is 268 g/mol. The SMILES string of the molecule is CCC1CCCC(NC2=NC(CC(C)C)CS2)C1. The van der Waals surface area contributed by atoms with E-state index in [1.807, 2.05) is 11.8 Å². The van der Waals surface area contributed by atoms with E-state index in [1.54, 1.807) is 0 Å². The number of thioether (sulfide) groups is 1. The Kier molecular flexibility index (Phi) is 5.40. The van der Waals surface area contributed by atoms with Crippen LogP contribution >= 0.6 is 11.8 Å². The molecule has 3 atom stereocenters. The summed E-state index contributed by atoms with van der Waals surface area (Å²) in [6.07, 6.45) is 8.10. The van der Waals surface area contributed by atoms with Crippen LogP contribution in [-0.2, 0) is 0 Å². The van der Waals surface area contributed by atoms with E-state index in [9.17, 15) is 0 Å². The number of rotatable bonds is 4. The van der Waals surface area contributed by atoms with E-state index in [0.29, 0.717) is 12.1 Å². The Morgan fingerprint density at radius 2 is 2.22 bits per heavy atom. The molecule has 1 aliphatic carbocycles. The second-order valence-corrected chi connectivity index (χ2v) is 7.32. The number of hydrogen-bond donors (Lipinski definition) is 1. The number of nitrogens with zero attached hydrogens (tertiary/aromatic N) is 1. The van der Waals surface area contributed by atoms with Crippen LogP contribution in [0, 0.1) is 11.8 Å². The van der Waals surface area contributed by atoms with Gasteiger partial charge in [-0.25, -0.2) is 0 Å². The summed E-state index contributed by atoms with van der Waals surface area (Å²) < 4.78 is 0. The Morgan fingerprint density at radius 3 is 2.94 bits per heavy atom. The summed E-state index contributed by atoms with van der Waals surface area (Å²) in [5, 5.41) is 4.92. The van der Waals surface area contributed by atoms with E-state index in [-0.39, 0.29) is 0 Å². The Hall–Kier alpha value is -0.180. The second kappa shape index (κ2) is 6.83. The molecule has 2 rings (SSSR count). The highest BCUT2D eigenvalue weighted by molar-refractivity contribution is 8.14. The molecule has 104 valence electrons. The molecule has 2 aliphatic rings.